The van der Waals surface area contributed by atoms with Gasteiger partial charge in [-0.25, -0.2) is 0 Å². The fraction of sp³-hybridized carbons (Fsp3) is 0.857. The third-order valence-electron chi connectivity index (χ3n) is 1.17. The van der Waals surface area contributed by atoms with Gasteiger partial charge in [-0.15, -0.1) is 0 Å². The Balaban J connectivity index is 4.38. The van der Waals surface area contributed by atoms with Gasteiger partial charge >= 0.3 is 7.60 Å². The van der Waals surface area contributed by atoms with E-state index in [0.717, 1.165) is 0 Å². The van der Waals surface area contributed by atoms with Gasteiger partial charge < -0.3 is 14.4 Å². The van der Waals surface area contributed by atoms with E-state index in [4.69, 9.17) is 21.3 Å². The van der Waals surface area contributed by atoms with Gasteiger partial charge in [0.2, 0.25) is 0 Å². The van der Waals surface area contributed by atoms with Crippen LogP contribution in [0.4, 0.5) is 0 Å². The third-order valence-corrected chi connectivity index (χ3v) is 3.84. The van der Waals surface area contributed by atoms with Crippen molar-refractivity contribution in [1.82, 2.24) is 5.32 Å². The van der Waals surface area contributed by atoms with Crippen molar-refractivity contribution in [2.24, 2.45) is 0 Å². The lowest BCUT2D eigenvalue weighted by atomic mass is 10.8. The summed E-state index contributed by atoms with van der Waals surface area (Å²) in [5.74, 6) is 0. The minimum Gasteiger partial charge on any atom is -0.370 e. The lowest BCUT2D eigenvalue weighted by Crippen LogP contribution is -2.22. The Morgan fingerprint density at radius 3 is 2.08 bits per heavy atom. The lowest BCUT2D eigenvalue weighted by molar-refractivity contribution is 0.232. The van der Waals surface area contributed by atoms with Crippen LogP contribution in [0.25, 0.3) is 0 Å². The van der Waals surface area contributed by atoms with E-state index < -0.39 is 7.60 Å². The number of nitrogens with one attached hydrogen (secondary N) is 1. The molecule has 0 amide bonds. The molecule has 13 heavy (non-hydrogen) atoms. The molecule has 0 unspecified atom stereocenters. The van der Waals surface area contributed by atoms with Crippen LogP contribution in [0.1, 0.15) is 20.8 Å². The van der Waals surface area contributed by atoms with Gasteiger partial charge in [0.1, 0.15) is 0 Å². The molecule has 0 rings (SSSR count). The summed E-state index contributed by atoms with van der Waals surface area (Å²) >= 11 is 4.89. The molecule has 0 heterocycles. The highest BCUT2D eigenvalue weighted by molar-refractivity contribution is 7.97. The zero-order valence-corrected chi connectivity index (χ0v) is 9.91. The molecule has 78 valence electrons. The molecule has 0 aliphatic carbocycles. The van der Waals surface area contributed by atoms with Crippen molar-refractivity contribution < 1.29 is 13.6 Å². The molecule has 0 aromatic rings. The predicted octanol–water partition coefficient (Wildman–Crippen LogP) is 2.15. The third kappa shape index (κ3) is 4.18. The topological polar surface area (TPSA) is 47.6 Å². The van der Waals surface area contributed by atoms with Crippen LogP contribution in [-0.4, -0.2) is 24.5 Å². The molecule has 0 radical (unpaired) electrons. The van der Waals surface area contributed by atoms with Gasteiger partial charge in [-0.3, -0.25) is 4.57 Å². The average Bonchev–Trinajstić information content (AvgIpc) is 2.05. The highest BCUT2D eigenvalue weighted by Gasteiger charge is 2.29. The molecule has 0 saturated heterocycles. The van der Waals surface area contributed by atoms with E-state index >= 15 is 0 Å². The van der Waals surface area contributed by atoms with Gasteiger partial charge in [-0.1, -0.05) is 12.2 Å². The molecule has 0 saturated carbocycles. The molecular formula is C7H16NO3PS. The monoisotopic (exact) mass is 225 g/mol. The van der Waals surface area contributed by atoms with Crippen molar-refractivity contribution in [1.29, 1.82) is 0 Å². The van der Waals surface area contributed by atoms with Gasteiger partial charge in [0.25, 0.3) is 0 Å². The normalized spacial score (nSPS) is 11.3. The maximum absolute atomic E-state index is 11.9. The van der Waals surface area contributed by atoms with E-state index in [9.17, 15) is 4.57 Å². The van der Waals surface area contributed by atoms with Crippen molar-refractivity contribution in [3.05, 3.63) is 0 Å². The Morgan fingerprint density at radius 1 is 1.31 bits per heavy atom. The largest absolute Gasteiger partial charge is 0.388 e. The van der Waals surface area contributed by atoms with E-state index in [1.54, 1.807) is 13.8 Å². The summed E-state index contributed by atoms with van der Waals surface area (Å²) in [4.78, 5) is 0. The van der Waals surface area contributed by atoms with Crippen LogP contribution in [0.15, 0.2) is 0 Å². The number of rotatable bonds is 6. The Labute approximate surface area is 84.5 Å². The Bertz CT molecular complexity index is 200. The Morgan fingerprint density at radius 2 is 1.77 bits per heavy atom. The molecule has 0 aliphatic heterocycles. The van der Waals surface area contributed by atoms with Crippen LogP contribution in [0.2, 0.25) is 0 Å². The van der Waals surface area contributed by atoms with E-state index in [0.29, 0.717) is 19.8 Å². The summed E-state index contributed by atoms with van der Waals surface area (Å²) < 4.78 is 22.0. The van der Waals surface area contributed by atoms with Gasteiger partial charge in [0.05, 0.1) is 13.2 Å². The fourth-order valence-corrected chi connectivity index (χ4v) is 2.54. The molecule has 0 fully saturated rings. The molecule has 4 nitrogen and oxygen atoms in total. The standard InChI is InChI=1S/C7H16NO3PS/c1-4-8-7(13)12(9,10-5-2)11-6-3/h4-6H2,1-3H3,(H,8,13). The molecule has 0 aromatic heterocycles. The number of hydrogen-bond acceptors (Lipinski definition) is 4. The second kappa shape index (κ2) is 6.49. The molecule has 0 atom stereocenters. The second-order valence-corrected chi connectivity index (χ2v) is 4.84. The Hall–Kier alpha value is 0.0400. The average molecular weight is 225 g/mol. The van der Waals surface area contributed by atoms with Gasteiger partial charge in [-0.2, -0.15) is 0 Å². The van der Waals surface area contributed by atoms with E-state index in [2.05, 4.69) is 5.32 Å². The zero-order valence-electron chi connectivity index (χ0n) is 8.20. The van der Waals surface area contributed by atoms with Crippen molar-refractivity contribution >= 4 is 24.5 Å². The first kappa shape index (κ1) is 13.0. The first-order valence-corrected chi connectivity index (χ1v) is 6.23. The lowest BCUT2D eigenvalue weighted by Gasteiger charge is -2.17. The van der Waals surface area contributed by atoms with Crippen molar-refractivity contribution in [3.63, 3.8) is 0 Å². The van der Waals surface area contributed by atoms with Crippen LogP contribution in [0, 0.1) is 0 Å². The summed E-state index contributed by atoms with van der Waals surface area (Å²) in [6, 6.07) is 0. The molecule has 0 spiro atoms. The Kier molecular flexibility index (Phi) is 6.51. The quantitative estimate of drug-likeness (QED) is 0.554. The van der Waals surface area contributed by atoms with E-state index in [1.807, 2.05) is 6.92 Å². The van der Waals surface area contributed by atoms with Crippen LogP contribution in [0.5, 0.6) is 0 Å². The predicted molar refractivity (Wildman–Crippen MR) is 57.1 cm³/mol. The minimum atomic E-state index is -3.21. The van der Waals surface area contributed by atoms with E-state index in [-0.39, 0.29) is 4.73 Å². The van der Waals surface area contributed by atoms with Gasteiger partial charge in [0.15, 0.2) is 4.73 Å². The van der Waals surface area contributed by atoms with Crippen LogP contribution in [-0.2, 0) is 13.6 Å². The maximum atomic E-state index is 11.9. The van der Waals surface area contributed by atoms with E-state index in [1.165, 1.54) is 0 Å². The SMILES string of the molecule is CCNC(=S)P(=O)(OCC)OCC. The maximum Gasteiger partial charge on any atom is 0.388 e. The summed E-state index contributed by atoms with van der Waals surface area (Å²) in [7, 11) is -3.21. The number of hydrogen-bond donors (Lipinski definition) is 1. The number of thiocarbonyl (C=S) groups is 1. The van der Waals surface area contributed by atoms with Crippen molar-refractivity contribution in [2.75, 3.05) is 19.8 Å². The van der Waals surface area contributed by atoms with Gasteiger partial charge in [-0.05, 0) is 20.8 Å². The smallest absolute Gasteiger partial charge is 0.370 e. The van der Waals surface area contributed by atoms with Crippen LogP contribution < -0.4 is 5.32 Å². The molecule has 1 N–H and O–H groups in total. The van der Waals surface area contributed by atoms with Crippen LogP contribution in [0.3, 0.4) is 0 Å². The molecule has 0 aromatic carbocycles. The summed E-state index contributed by atoms with van der Waals surface area (Å²) in [6.45, 7) is 6.63. The second-order valence-electron chi connectivity index (χ2n) is 2.17. The van der Waals surface area contributed by atoms with Crippen molar-refractivity contribution in [2.45, 2.75) is 20.8 Å². The fourth-order valence-electron chi connectivity index (χ4n) is 0.742. The molecular weight excluding hydrogens is 209 g/mol. The minimum absolute atomic E-state index is 0.165. The first-order valence-electron chi connectivity index (χ1n) is 4.28. The molecule has 0 bridgehead atoms. The highest BCUT2D eigenvalue weighted by atomic mass is 32.1. The highest BCUT2D eigenvalue weighted by Crippen LogP contribution is 2.48. The summed E-state index contributed by atoms with van der Waals surface area (Å²) in [6.07, 6.45) is 0. The summed E-state index contributed by atoms with van der Waals surface area (Å²) in [5, 5.41) is 2.77. The zero-order chi connectivity index (χ0) is 10.3. The first-order chi connectivity index (χ1) is 6.10. The molecule has 6 heteroatoms. The molecule has 0 aliphatic rings. The van der Waals surface area contributed by atoms with Crippen LogP contribution >= 0.6 is 19.8 Å². The van der Waals surface area contributed by atoms with Crippen molar-refractivity contribution in [3.8, 4) is 0 Å². The van der Waals surface area contributed by atoms with Gasteiger partial charge in [0, 0.05) is 6.54 Å². The summed E-state index contributed by atoms with van der Waals surface area (Å²) in [5.41, 5.74) is 0.